The number of nitrogens with zero attached hydrogens (tertiary/aromatic N) is 2. The number of aliphatic hydroxyl groups is 1. The molecule has 1 unspecified atom stereocenters. The molecule has 0 spiro atoms. The summed E-state index contributed by atoms with van der Waals surface area (Å²) in [6.45, 7) is 1.78. The van der Waals surface area contributed by atoms with Gasteiger partial charge in [-0.3, -0.25) is 0 Å². The van der Waals surface area contributed by atoms with Gasteiger partial charge in [-0.25, -0.2) is 4.98 Å². The molecular weight excluding hydrogens is 328 g/mol. The zero-order valence-corrected chi connectivity index (χ0v) is 13.2. The molecule has 0 radical (unpaired) electrons. The molecule has 2 rings (SSSR count). The molecule has 0 aliphatic carbocycles. The Bertz CT molecular complexity index is 581. The van der Waals surface area contributed by atoms with Crippen molar-refractivity contribution >= 4 is 27.5 Å². The van der Waals surface area contributed by atoms with Gasteiger partial charge in [0.15, 0.2) is 0 Å². The minimum absolute atomic E-state index is 0.569. The average Bonchev–Trinajstić information content (AvgIpc) is 2.72. The van der Waals surface area contributed by atoms with Crippen molar-refractivity contribution in [1.29, 1.82) is 0 Å². The Labute approximate surface area is 126 Å². The number of aryl methyl sites for hydroxylation is 2. The summed E-state index contributed by atoms with van der Waals surface area (Å²) in [6, 6.07) is 5.54. The molecule has 0 aliphatic heterocycles. The number of aromatic nitrogens is 2. The van der Waals surface area contributed by atoms with E-state index in [1.165, 1.54) is 0 Å². The normalized spacial score (nSPS) is 14.4. The molecule has 0 amide bonds. The highest BCUT2D eigenvalue weighted by atomic mass is 79.9. The van der Waals surface area contributed by atoms with Gasteiger partial charge in [0.25, 0.3) is 0 Å². The Morgan fingerprint density at radius 2 is 2.21 bits per heavy atom. The van der Waals surface area contributed by atoms with Gasteiger partial charge in [0.05, 0.1) is 5.60 Å². The van der Waals surface area contributed by atoms with E-state index in [-0.39, 0.29) is 0 Å². The summed E-state index contributed by atoms with van der Waals surface area (Å²) in [7, 11) is 1.95. The third kappa shape index (κ3) is 3.38. The van der Waals surface area contributed by atoms with Gasteiger partial charge in [-0.1, -0.05) is 33.6 Å². The summed E-state index contributed by atoms with van der Waals surface area (Å²) in [5.41, 5.74) is -0.226. The van der Waals surface area contributed by atoms with E-state index in [1.807, 2.05) is 29.9 Å². The molecule has 102 valence electrons. The molecule has 1 atom stereocenters. The van der Waals surface area contributed by atoms with Crippen LogP contribution in [0.3, 0.4) is 0 Å². The number of halogens is 2. The highest BCUT2D eigenvalue weighted by Crippen LogP contribution is 2.33. The quantitative estimate of drug-likeness (QED) is 0.919. The standard InChI is InChI=1S/C14H16BrClN2O/c1-14(19,6-5-13-17-7-8-18(13)2)11-4-3-10(15)9-12(11)16/h3-4,7-9,19H,5-6H2,1-2H3. The third-order valence-electron chi connectivity index (χ3n) is 3.27. The maximum absolute atomic E-state index is 10.6. The van der Waals surface area contributed by atoms with Crippen LogP contribution in [0.5, 0.6) is 0 Å². The van der Waals surface area contributed by atoms with E-state index >= 15 is 0 Å². The van der Waals surface area contributed by atoms with E-state index in [9.17, 15) is 5.11 Å². The van der Waals surface area contributed by atoms with Gasteiger partial charge in [0.1, 0.15) is 5.82 Å². The molecule has 19 heavy (non-hydrogen) atoms. The minimum Gasteiger partial charge on any atom is -0.385 e. The SMILES string of the molecule is Cn1ccnc1CCC(C)(O)c1ccc(Br)cc1Cl. The molecular formula is C14H16BrClN2O. The molecule has 2 aromatic rings. The van der Waals surface area contributed by atoms with Crippen molar-refractivity contribution in [1.82, 2.24) is 9.55 Å². The number of hydrogen-bond acceptors (Lipinski definition) is 2. The third-order valence-corrected chi connectivity index (χ3v) is 4.07. The first kappa shape index (κ1) is 14.6. The van der Waals surface area contributed by atoms with Gasteiger partial charge in [0.2, 0.25) is 0 Å². The van der Waals surface area contributed by atoms with Crippen LogP contribution >= 0.6 is 27.5 Å². The summed E-state index contributed by atoms with van der Waals surface area (Å²) in [6.07, 6.45) is 4.93. The Morgan fingerprint density at radius 1 is 1.47 bits per heavy atom. The first-order valence-electron chi connectivity index (χ1n) is 6.04. The lowest BCUT2D eigenvalue weighted by Crippen LogP contribution is -2.23. The molecule has 3 nitrogen and oxygen atoms in total. The van der Waals surface area contributed by atoms with Crippen molar-refractivity contribution in [2.45, 2.75) is 25.4 Å². The molecule has 0 fully saturated rings. The van der Waals surface area contributed by atoms with E-state index in [4.69, 9.17) is 11.6 Å². The van der Waals surface area contributed by atoms with Gasteiger partial charge < -0.3 is 9.67 Å². The van der Waals surface area contributed by atoms with E-state index in [2.05, 4.69) is 20.9 Å². The van der Waals surface area contributed by atoms with E-state index in [0.29, 0.717) is 17.9 Å². The molecule has 0 bridgehead atoms. The summed E-state index contributed by atoms with van der Waals surface area (Å²) in [5, 5.41) is 11.2. The summed E-state index contributed by atoms with van der Waals surface area (Å²) >= 11 is 9.56. The van der Waals surface area contributed by atoms with Crippen LogP contribution in [0.2, 0.25) is 5.02 Å². The number of imidazole rings is 1. The summed E-state index contributed by atoms with van der Waals surface area (Å²) < 4.78 is 2.86. The lowest BCUT2D eigenvalue weighted by atomic mass is 9.91. The minimum atomic E-state index is -0.969. The smallest absolute Gasteiger partial charge is 0.108 e. The maximum atomic E-state index is 10.6. The highest BCUT2D eigenvalue weighted by Gasteiger charge is 2.26. The van der Waals surface area contributed by atoms with Gasteiger partial charge in [0, 0.05) is 40.9 Å². The fraction of sp³-hybridized carbons (Fsp3) is 0.357. The molecule has 5 heteroatoms. The van der Waals surface area contributed by atoms with Crippen LogP contribution < -0.4 is 0 Å². The number of rotatable bonds is 4. The van der Waals surface area contributed by atoms with Crippen LogP contribution in [0.15, 0.2) is 35.1 Å². The lowest BCUT2D eigenvalue weighted by molar-refractivity contribution is 0.0474. The van der Waals surface area contributed by atoms with Crippen molar-refractivity contribution in [3.05, 3.63) is 51.5 Å². The lowest BCUT2D eigenvalue weighted by Gasteiger charge is -2.25. The second-order valence-electron chi connectivity index (χ2n) is 4.85. The van der Waals surface area contributed by atoms with Gasteiger partial charge in [-0.05, 0) is 25.5 Å². The van der Waals surface area contributed by atoms with Gasteiger partial charge in [-0.2, -0.15) is 0 Å². The second kappa shape index (κ2) is 5.65. The monoisotopic (exact) mass is 342 g/mol. The maximum Gasteiger partial charge on any atom is 0.108 e. The fourth-order valence-corrected chi connectivity index (χ4v) is 2.93. The van der Waals surface area contributed by atoms with Crippen molar-refractivity contribution < 1.29 is 5.11 Å². The van der Waals surface area contributed by atoms with Crippen molar-refractivity contribution in [2.75, 3.05) is 0 Å². The molecule has 1 N–H and O–H groups in total. The van der Waals surface area contributed by atoms with Crippen molar-refractivity contribution in [3.8, 4) is 0 Å². The highest BCUT2D eigenvalue weighted by molar-refractivity contribution is 9.10. The van der Waals surface area contributed by atoms with Crippen molar-refractivity contribution in [2.24, 2.45) is 7.05 Å². The van der Waals surface area contributed by atoms with Crippen LogP contribution in [0, 0.1) is 0 Å². The Balaban J connectivity index is 2.15. The molecule has 1 aromatic heterocycles. The summed E-state index contributed by atoms with van der Waals surface area (Å²) in [4.78, 5) is 4.26. The number of benzene rings is 1. The fourth-order valence-electron chi connectivity index (χ4n) is 2.05. The first-order valence-corrected chi connectivity index (χ1v) is 7.21. The first-order chi connectivity index (χ1) is 8.90. The summed E-state index contributed by atoms with van der Waals surface area (Å²) in [5.74, 6) is 0.952. The zero-order valence-electron chi connectivity index (χ0n) is 10.9. The second-order valence-corrected chi connectivity index (χ2v) is 6.18. The predicted octanol–water partition coefficient (Wildman–Crippen LogP) is 3.68. The van der Waals surface area contributed by atoms with E-state index in [1.54, 1.807) is 19.2 Å². The van der Waals surface area contributed by atoms with Crippen molar-refractivity contribution in [3.63, 3.8) is 0 Å². The molecule has 0 aliphatic rings. The van der Waals surface area contributed by atoms with Gasteiger partial charge >= 0.3 is 0 Å². The molecule has 1 heterocycles. The van der Waals surface area contributed by atoms with E-state index < -0.39 is 5.60 Å². The van der Waals surface area contributed by atoms with Crippen LogP contribution in [0.4, 0.5) is 0 Å². The Hall–Kier alpha value is -0.840. The average molecular weight is 344 g/mol. The van der Waals surface area contributed by atoms with Gasteiger partial charge in [-0.15, -0.1) is 0 Å². The van der Waals surface area contributed by atoms with Crippen LogP contribution in [0.25, 0.3) is 0 Å². The molecule has 1 aromatic carbocycles. The Morgan fingerprint density at radius 3 is 2.79 bits per heavy atom. The Kier molecular flexibility index (Phi) is 4.33. The van der Waals surface area contributed by atoms with Crippen LogP contribution in [-0.4, -0.2) is 14.7 Å². The zero-order chi connectivity index (χ0) is 14.0. The largest absolute Gasteiger partial charge is 0.385 e. The topological polar surface area (TPSA) is 38.0 Å². The number of hydrogen-bond donors (Lipinski definition) is 1. The van der Waals surface area contributed by atoms with Crippen LogP contribution in [-0.2, 0) is 19.1 Å². The predicted molar refractivity (Wildman–Crippen MR) is 80.3 cm³/mol. The van der Waals surface area contributed by atoms with Crippen LogP contribution in [0.1, 0.15) is 24.7 Å². The molecule has 0 saturated carbocycles. The van der Waals surface area contributed by atoms with E-state index in [0.717, 1.165) is 15.9 Å². The molecule has 0 saturated heterocycles.